The van der Waals surface area contributed by atoms with E-state index in [-0.39, 0.29) is 30.5 Å². The Morgan fingerprint density at radius 1 is 1.08 bits per heavy atom. The number of carboxylic acid groups (broad SMARTS) is 1. The highest BCUT2D eigenvalue weighted by molar-refractivity contribution is 5.97. The van der Waals surface area contributed by atoms with Crippen molar-refractivity contribution in [3.8, 4) is 11.5 Å². The number of carboxylic acids is 1. The zero-order valence-corrected chi connectivity index (χ0v) is 19.8. The number of alkyl carbamates (subject to hydrolysis) is 1. The molecule has 2 rings (SSSR count). The third-order valence-electron chi connectivity index (χ3n) is 4.45. The Morgan fingerprint density at radius 3 is 2.50 bits per heavy atom. The number of amides is 4. The number of hydrogen-bond acceptors (Lipinski definition) is 8. The Bertz CT molecular complexity index is 1050. The van der Waals surface area contributed by atoms with Gasteiger partial charge in [-0.3, -0.25) is 9.78 Å². The van der Waals surface area contributed by atoms with Crippen molar-refractivity contribution >= 4 is 24.0 Å². The predicted octanol–water partition coefficient (Wildman–Crippen LogP) is 0.983. The molecule has 0 spiro atoms. The zero-order valence-electron chi connectivity index (χ0n) is 19.8. The molecular weight excluding hydrogens is 474 g/mol. The average Bonchev–Trinajstić information content (AvgIpc) is 2.83. The zero-order chi connectivity index (χ0) is 26.5. The first kappa shape index (κ1) is 27.7. The molecule has 2 aromatic rings. The highest BCUT2D eigenvalue weighted by Crippen LogP contribution is 2.23. The maximum Gasteiger partial charge on any atom is 0.408 e. The summed E-state index contributed by atoms with van der Waals surface area (Å²) in [5, 5.41) is 29.2. The number of phenolic OH excluding ortho intramolecular Hbond substituents is 1. The molecule has 4 amide bonds. The van der Waals surface area contributed by atoms with E-state index in [1.54, 1.807) is 32.3 Å². The fourth-order valence-corrected chi connectivity index (χ4v) is 2.75. The molecule has 0 saturated carbocycles. The molecule has 1 atom stereocenters. The lowest BCUT2D eigenvalue weighted by molar-refractivity contribution is -0.139. The number of nitrogens with zero attached hydrogens (tertiary/aromatic N) is 1. The van der Waals surface area contributed by atoms with E-state index in [1.165, 1.54) is 18.2 Å². The number of carbonyl (C=O) groups is 4. The van der Waals surface area contributed by atoms with E-state index in [4.69, 9.17) is 9.47 Å². The molecule has 0 fully saturated rings. The van der Waals surface area contributed by atoms with Gasteiger partial charge in [0.05, 0.1) is 18.2 Å². The van der Waals surface area contributed by atoms with Crippen LogP contribution in [0.2, 0.25) is 0 Å². The number of nitrogens with one attached hydrogen (secondary N) is 4. The van der Waals surface area contributed by atoms with Crippen LogP contribution in [-0.4, -0.2) is 71.0 Å². The standard InChI is InChI=1S/C23H29N5O8/c1-14(2)36-23(34)28-18(21(31)32)13-26-20(30)17-6-5-16(10-19(17)29)35-9-8-25-22(33)27-12-15-4-3-7-24-11-15/h3-7,10-11,14,18,29H,8-9,12-13H2,1-2H3,(H,26,30)(H,28,34)(H,31,32)(H2,25,27,33)/t18-/m0/s1. The summed E-state index contributed by atoms with van der Waals surface area (Å²) in [5.41, 5.74) is 0.732. The first-order chi connectivity index (χ1) is 17.2. The summed E-state index contributed by atoms with van der Waals surface area (Å²) < 4.78 is 10.3. The number of aliphatic carboxylic acids is 1. The fourth-order valence-electron chi connectivity index (χ4n) is 2.75. The number of aromatic nitrogens is 1. The molecule has 194 valence electrons. The highest BCUT2D eigenvalue weighted by atomic mass is 16.6. The number of pyridine rings is 1. The van der Waals surface area contributed by atoms with Gasteiger partial charge in [-0.15, -0.1) is 0 Å². The van der Waals surface area contributed by atoms with Crippen molar-refractivity contribution in [1.82, 2.24) is 26.3 Å². The second kappa shape index (κ2) is 14.0. The van der Waals surface area contributed by atoms with E-state index < -0.39 is 42.4 Å². The molecule has 13 nitrogen and oxygen atoms in total. The molecule has 36 heavy (non-hydrogen) atoms. The number of carbonyl (C=O) groups excluding carboxylic acids is 3. The first-order valence-electron chi connectivity index (χ1n) is 11.0. The van der Waals surface area contributed by atoms with Gasteiger partial charge < -0.3 is 41.0 Å². The monoisotopic (exact) mass is 503 g/mol. The van der Waals surface area contributed by atoms with Crippen LogP contribution in [0.4, 0.5) is 9.59 Å². The SMILES string of the molecule is CC(C)OC(=O)N[C@@H](CNC(=O)c1ccc(OCCNC(=O)NCc2cccnc2)cc1O)C(=O)O. The Morgan fingerprint density at radius 2 is 1.86 bits per heavy atom. The second-order valence-corrected chi connectivity index (χ2v) is 7.70. The van der Waals surface area contributed by atoms with E-state index in [9.17, 15) is 29.4 Å². The topological polar surface area (TPSA) is 188 Å². The van der Waals surface area contributed by atoms with E-state index >= 15 is 0 Å². The van der Waals surface area contributed by atoms with Crippen LogP contribution in [0.25, 0.3) is 0 Å². The normalized spacial score (nSPS) is 11.2. The van der Waals surface area contributed by atoms with Gasteiger partial charge in [0.25, 0.3) is 5.91 Å². The number of rotatable bonds is 12. The lowest BCUT2D eigenvalue weighted by Gasteiger charge is -2.17. The Hall–Kier alpha value is -4.55. The van der Waals surface area contributed by atoms with Gasteiger partial charge in [0.1, 0.15) is 24.1 Å². The van der Waals surface area contributed by atoms with Gasteiger partial charge in [-0.2, -0.15) is 0 Å². The molecule has 0 aliphatic carbocycles. The smallest absolute Gasteiger partial charge is 0.408 e. The summed E-state index contributed by atoms with van der Waals surface area (Å²) in [4.78, 5) is 51.1. The molecule has 0 aliphatic rings. The van der Waals surface area contributed by atoms with Crippen LogP contribution in [0.5, 0.6) is 11.5 Å². The number of phenols is 1. The summed E-state index contributed by atoms with van der Waals surface area (Å²) in [5.74, 6) is -2.27. The van der Waals surface area contributed by atoms with Gasteiger partial charge in [0, 0.05) is 31.5 Å². The van der Waals surface area contributed by atoms with Gasteiger partial charge >= 0.3 is 18.1 Å². The largest absolute Gasteiger partial charge is 0.507 e. The van der Waals surface area contributed by atoms with Gasteiger partial charge in [-0.05, 0) is 37.6 Å². The van der Waals surface area contributed by atoms with Crippen molar-refractivity contribution in [2.75, 3.05) is 19.7 Å². The molecule has 1 aromatic heterocycles. The summed E-state index contributed by atoms with van der Waals surface area (Å²) >= 11 is 0. The summed E-state index contributed by atoms with van der Waals surface area (Å²) in [6, 6.07) is 5.73. The van der Waals surface area contributed by atoms with Crippen molar-refractivity contribution in [1.29, 1.82) is 0 Å². The van der Waals surface area contributed by atoms with Crippen LogP contribution in [0.15, 0.2) is 42.7 Å². The molecule has 0 saturated heterocycles. The Balaban J connectivity index is 1.76. The number of urea groups is 1. The Kier molecular flexibility index (Phi) is 10.8. The van der Waals surface area contributed by atoms with E-state index in [0.29, 0.717) is 6.54 Å². The molecule has 6 N–H and O–H groups in total. The minimum atomic E-state index is -1.43. The maximum absolute atomic E-state index is 12.4. The minimum Gasteiger partial charge on any atom is -0.507 e. The van der Waals surface area contributed by atoms with Crippen LogP contribution < -0.4 is 26.0 Å². The molecular formula is C23H29N5O8. The van der Waals surface area contributed by atoms with Crippen LogP contribution >= 0.6 is 0 Å². The van der Waals surface area contributed by atoms with E-state index in [1.807, 2.05) is 6.07 Å². The highest BCUT2D eigenvalue weighted by Gasteiger charge is 2.23. The van der Waals surface area contributed by atoms with Crippen molar-refractivity contribution in [3.63, 3.8) is 0 Å². The molecule has 13 heteroatoms. The van der Waals surface area contributed by atoms with E-state index in [0.717, 1.165) is 5.56 Å². The molecule has 1 aromatic carbocycles. The van der Waals surface area contributed by atoms with E-state index in [2.05, 4.69) is 26.3 Å². The van der Waals surface area contributed by atoms with Crippen molar-refractivity contribution in [3.05, 3.63) is 53.9 Å². The van der Waals surface area contributed by atoms with Gasteiger partial charge in [0.15, 0.2) is 0 Å². The predicted molar refractivity (Wildman–Crippen MR) is 127 cm³/mol. The average molecular weight is 504 g/mol. The quantitative estimate of drug-likeness (QED) is 0.229. The maximum atomic E-state index is 12.4. The van der Waals surface area contributed by atoms with Gasteiger partial charge in [0.2, 0.25) is 0 Å². The summed E-state index contributed by atoms with van der Waals surface area (Å²) in [7, 11) is 0. The molecule has 0 bridgehead atoms. The first-order valence-corrected chi connectivity index (χ1v) is 11.0. The molecule has 1 heterocycles. The van der Waals surface area contributed by atoms with Crippen LogP contribution in [0.3, 0.4) is 0 Å². The number of benzene rings is 1. The van der Waals surface area contributed by atoms with Crippen molar-refractivity contribution in [2.24, 2.45) is 0 Å². The fraction of sp³-hybridized carbons (Fsp3) is 0.348. The van der Waals surface area contributed by atoms with Crippen molar-refractivity contribution < 1.29 is 38.9 Å². The number of aromatic hydroxyl groups is 1. The van der Waals surface area contributed by atoms with Gasteiger partial charge in [-0.25, -0.2) is 14.4 Å². The minimum absolute atomic E-state index is 0.101. The molecule has 0 aliphatic heterocycles. The summed E-state index contributed by atoms with van der Waals surface area (Å²) in [6.07, 6.45) is 1.90. The molecule has 0 unspecified atom stereocenters. The third-order valence-corrected chi connectivity index (χ3v) is 4.45. The van der Waals surface area contributed by atoms with Crippen LogP contribution in [-0.2, 0) is 16.1 Å². The summed E-state index contributed by atoms with van der Waals surface area (Å²) in [6.45, 7) is 3.38. The lowest BCUT2D eigenvalue weighted by atomic mass is 10.1. The third kappa shape index (κ3) is 9.75. The number of ether oxygens (including phenoxy) is 2. The van der Waals surface area contributed by atoms with Crippen LogP contribution in [0, 0.1) is 0 Å². The van der Waals surface area contributed by atoms with Crippen molar-refractivity contribution in [2.45, 2.75) is 32.5 Å². The van der Waals surface area contributed by atoms with Gasteiger partial charge in [-0.1, -0.05) is 6.07 Å². The second-order valence-electron chi connectivity index (χ2n) is 7.70. The number of hydrogen-bond donors (Lipinski definition) is 6. The Labute approximate surface area is 207 Å². The lowest BCUT2D eigenvalue weighted by Crippen LogP contribution is -2.48. The van der Waals surface area contributed by atoms with Crippen LogP contribution in [0.1, 0.15) is 29.8 Å². The molecule has 0 radical (unpaired) electrons.